The van der Waals surface area contributed by atoms with Crippen molar-refractivity contribution in [2.75, 3.05) is 38.1 Å². The van der Waals surface area contributed by atoms with E-state index in [0.29, 0.717) is 17.9 Å². The number of piperidine rings is 1. The van der Waals surface area contributed by atoms with E-state index in [4.69, 9.17) is 4.74 Å². The maximum atomic E-state index is 13.9. The quantitative estimate of drug-likeness (QED) is 0.406. The maximum Gasteiger partial charge on any atom is 0.258 e. The molecule has 1 fully saturated rings. The van der Waals surface area contributed by atoms with Crippen LogP contribution in [0.2, 0.25) is 0 Å². The zero-order valence-electron chi connectivity index (χ0n) is 22.3. The third-order valence-corrected chi connectivity index (χ3v) is 7.16. The molecule has 0 aliphatic carbocycles. The Hall–Kier alpha value is -3.65. The number of benzene rings is 2. The summed E-state index contributed by atoms with van der Waals surface area (Å²) in [7, 11) is 0. The van der Waals surface area contributed by atoms with Crippen molar-refractivity contribution in [1.29, 1.82) is 0 Å². The molecule has 3 aromatic rings. The van der Waals surface area contributed by atoms with Gasteiger partial charge in [0.2, 0.25) is 5.91 Å². The summed E-state index contributed by atoms with van der Waals surface area (Å²) >= 11 is 0. The van der Waals surface area contributed by atoms with Crippen molar-refractivity contribution in [2.45, 2.75) is 51.7 Å². The van der Waals surface area contributed by atoms with Crippen molar-refractivity contribution < 1.29 is 14.3 Å². The van der Waals surface area contributed by atoms with Gasteiger partial charge in [-0.2, -0.15) is 0 Å². The fourth-order valence-electron chi connectivity index (χ4n) is 5.37. The second-order valence-electron chi connectivity index (χ2n) is 10.4. The van der Waals surface area contributed by atoms with E-state index in [1.54, 1.807) is 17.2 Å². The molecule has 200 valence electrons. The number of carbonyl (C=O) groups excluding carboxylic acids is 2. The van der Waals surface area contributed by atoms with Crippen LogP contribution in [0.4, 0.5) is 5.69 Å². The van der Waals surface area contributed by atoms with E-state index in [2.05, 4.69) is 20.5 Å². The first-order valence-electron chi connectivity index (χ1n) is 13.7. The summed E-state index contributed by atoms with van der Waals surface area (Å²) in [5, 5.41) is 7.37. The zero-order chi connectivity index (χ0) is 26.5. The molecule has 2 aromatic carbocycles. The van der Waals surface area contributed by atoms with Gasteiger partial charge in [0.1, 0.15) is 18.5 Å². The predicted molar refractivity (Wildman–Crippen MR) is 149 cm³/mol. The number of aromatic nitrogens is 1. The van der Waals surface area contributed by atoms with E-state index >= 15 is 0 Å². The third-order valence-electron chi connectivity index (χ3n) is 7.16. The average molecular weight is 516 g/mol. The number of likely N-dealkylation sites (tertiary alicyclic amines) is 1. The Balaban J connectivity index is 1.37. The maximum absolute atomic E-state index is 13.9. The Morgan fingerprint density at radius 2 is 1.97 bits per heavy atom. The standard InChI is InChI=1S/C30H37N5O3/c1-21(2)32-28(36)20-35-29(24-9-6-11-26-23(24)10-7-14-31-26)33-27-13-12-22(19-25(27)30(35)37)38-18-8-17-34-15-4-3-5-16-34/h6-7,9-14,19,21,29,33H,3-5,8,15-18,20H2,1-2H3,(H,32,36). The predicted octanol–water partition coefficient (Wildman–Crippen LogP) is 4.58. The van der Waals surface area contributed by atoms with Crippen LogP contribution in [0.25, 0.3) is 10.9 Å². The number of hydrogen-bond acceptors (Lipinski definition) is 6. The van der Waals surface area contributed by atoms with Crippen LogP contribution in [0.3, 0.4) is 0 Å². The van der Waals surface area contributed by atoms with Crippen LogP contribution in [0, 0.1) is 0 Å². The van der Waals surface area contributed by atoms with E-state index in [0.717, 1.165) is 35.1 Å². The van der Waals surface area contributed by atoms with Crippen molar-refractivity contribution in [1.82, 2.24) is 20.1 Å². The fraction of sp³-hybridized carbons (Fsp3) is 0.433. The van der Waals surface area contributed by atoms with E-state index in [1.165, 1.54) is 32.4 Å². The lowest BCUT2D eigenvalue weighted by atomic mass is 10.00. The van der Waals surface area contributed by atoms with E-state index in [1.807, 2.05) is 56.3 Å². The summed E-state index contributed by atoms with van der Waals surface area (Å²) in [6, 6.07) is 15.3. The van der Waals surface area contributed by atoms with Crippen LogP contribution in [0.1, 0.15) is 61.6 Å². The smallest absolute Gasteiger partial charge is 0.258 e. The van der Waals surface area contributed by atoms with Gasteiger partial charge in [0.15, 0.2) is 0 Å². The van der Waals surface area contributed by atoms with E-state index in [-0.39, 0.29) is 24.4 Å². The number of pyridine rings is 1. The molecule has 1 unspecified atom stereocenters. The Bertz CT molecular complexity index is 1280. The van der Waals surface area contributed by atoms with Gasteiger partial charge in [0.25, 0.3) is 5.91 Å². The van der Waals surface area contributed by atoms with Crippen molar-refractivity contribution in [3.8, 4) is 5.75 Å². The molecule has 0 spiro atoms. The molecule has 2 aliphatic rings. The lowest BCUT2D eigenvalue weighted by Crippen LogP contribution is -2.48. The highest BCUT2D eigenvalue weighted by Gasteiger charge is 2.35. The minimum atomic E-state index is -0.517. The van der Waals surface area contributed by atoms with Gasteiger partial charge in [0, 0.05) is 35.4 Å². The fourth-order valence-corrected chi connectivity index (χ4v) is 5.37. The van der Waals surface area contributed by atoms with Crippen LogP contribution >= 0.6 is 0 Å². The largest absolute Gasteiger partial charge is 0.494 e. The number of nitrogens with one attached hydrogen (secondary N) is 2. The van der Waals surface area contributed by atoms with Crippen molar-refractivity contribution in [2.24, 2.45) is 0 Å². The topological polar surface area (TPSA) is 86.8 Å². The lowest BCUT2D eigenvalue weighted by molar-refractivity contribution is -0.122. The molecule has 3 heterocycles. The highest BCUT2D eigenvalue weighted by atomic mass is 16.5. The first-order valence-corrected chi connectivity index (χ1v) is 13.7. The molecule has 1 aromatic heterocycles. The molecule has 5 rings (SSSR count). The van der Waals surface area contributed by atoms with Crippen molar-refractivity contribution in [3.63, 3.8) is 0 Å². The summed E-state index contributed by atoms with van der Waals surface area (Å²) in [4.78, 5) is 35.3. The van der Waals surface area contributed by atoms with Gasteiger partial charge in [-0.05, 0) is 76.5 Å². The van der Waals surface area contributed by atoms with Crippen molar-refractivity contribution in [3.05, 3.63) is 65.9 Å². The normalized spacial score (nSPS) is 17.8. The first kappa shape index (κ1) is 26.0. The number of fused-ring (bicyclic) bond motifs is 2. The van der Waals surface area contributed by atoms with Gasteiger partial charge < -0.3 is 25.2 Å². The molecule has 0 saturated carbocycles. The average Bonchev–Trinajstić information content (AvgIpc) is 2.92. The molecule has 2 aliphatic heterocycles. The summed E-state index contributed by atoms with van der Waals surface area (Å²) in [6.45, 7) is 7.74. The van der Waals surface area contributed by atoms with Gasteiger partial charge in [-0.25, -0.2) is 0 Å². The summed E-state index contributed by atoms with van der Waals surface area (Å²) in [5.41, 5.74) is 2.96. The van der Waals surface area contributed by atoms with E-state index < -0.39 is 6.17 Å². The van der Waals surface area contributed by atoms with Gasteiger partial charge >= 0.3 is 0 Å². The molecule has 8 nitrogen and oxygen atoms in total. The number of amides is 2. The zero-order valence-corrected chi connectivity index (χ0v) is 22.3. The summed E-state index contributed by atoms with van der Waals surface area (Å²) < 4.78 is 6.04. The van der Waals surface area contributed by atoms with Gasteiger partial charge in [-0.15, -0.1) is 0 Å². The Labute approximate surface area is 224 Å². The summed E-state index contributed by atoms with van der Waals surface area (Å²) in [6.07, 6.45) is 6.08. The number of carbonyl (C=O) groups is 2. The Morgan fingerprint density at radius 3 is 2.79 bits per heavy atom. The molecular weight excluding hydrogens is 478 g/mol. The minimum Gasteiger partial charge on any atom is -0.494 e. The number of anilines is 1. The van der Waals surface area contributed by atoms with Gasteiger partial charge in [0.05, 0.1) is 17.7 Å². The molecule has 8 heteroatoms. The molecule has 2 N–H and O–H groups in total. The SMILES string of the molecule is CC(C)NC(=O)CN1C(=O)c2cc(OCCCN3CCCCC3)ccc2NC1c1cccc2ncccc12. The second kappa shape index (κ2) is 11.8. The Kier molecular flexibility index (Phi) is 8.08. The Morgan fingerprint density at radius 1 is 1.13 bits per heavy atom. The number of ether oxygens (including phenoxy) is 1. The van der Waals surface area contributed by atoms with Crippen LogP contribution in [0.15, 0.2) is 54.7 Å². The van der Waals surface area contributed by atoms with Gasteiger partial charge in [-0.3, -0.25) is 14.6 Å². The molecular formula is C30H37N5O3. The highest BCUT2D eigenvalue weighted by Crippen LogP contribution is 2.37. The number of hydrogen-bond donors (Lipinski definition) is 2. The molecule has 0 radical (unpaired) electrons. The van der Waals surface area contributed by atoms with Crippen LogP contribution in [-0.4, -0.2) is 65.4 Å². The minimum absolute atomic E-state index is 0.0206. The third kappa shape index (κ3) is 5.91. The second-order valence-corrected chi connectivity index (χ2v) is 10.4. The summed E-state index contributed by atoms with van der Waals surface area (Å²) in [5.74, 6) is 0.256. The van der Waals surface area contributed by atoms with Crippen LogP contribution in [-0.2, 0) is 4.79 Å². The highest BCUT2D eigenvalue weighted by molar-refractivity contribution is 6.04. The first-order chi connectivity index (χ1) is 18.5. The molecule has 2 amide bonds. The number of rotatable bonds is 9. The molecule has 1 atom stereocenters. The van der Waals surface area contributed by atoms with Crippen molar-refractivity contribution >= 4 is 28.4 Å². The lowest BCUT2D eigenvalue weighted by Gasteiger charge is -2.38. The molecule has 0 bridgehead atoms. The van der Waals surface area contributed by atoms with Crippen LogP contribution < -0.4 is 15.4 Å². The number of nitrogens with zero attached hydrogens (tertiary/aromatic N) is 3. The van der Waals surface area contributed by atoms with Crippen LogP contribution in [0.5, 0.6) is 5.75 Å². The monoisotopic (exact) mass is 515 g/mol. The molecule has 38 heavy (non-hydrogen) atoms. The van der Waals surface area contributed by atoms with Gasteiger partial charge in [-0.1, -0.05) is 24.6 Å². The molecule has 1 saturated heterocycles. The van der Waals surface area contributed by atoms with E-state index in [9.17, 15) is 9.59 Å².